The van der Waals surface area contributed by atoms with E-state index >= 15 is 0 Å². The Morgan fingerprint density at radius 2 is 2.04 bits per heavy atom. The number of hydrogen-bond donors (Lipinski definition) is 3. The van der Waals surface area contributed by atoms with Gasteiger partial charge in [-0.15, -0.1) is 0 Å². The Labute approximate surface area is 145 Å². The Morgan fingerprint density at radius 3 is 2.67 bits per heavy atom. The summed E-state index contributed by atoms with van der Waals surface area (Å²) in [6.07, 6.45) is -4.00. The lowest BCUT2D eigenvalue weighted by Crippen LogP contribution is -2.37. The van der Waals surface area contributed by atoms with Crippen LogP contribution in [-0.4, -0.2) is 69.7 Å². The number of aromatic amines is 1. The maximum Gasteiger partial charge on any atom is 0.264 e. The first kappa shape index (κ1) is 17.7. The molecule has 1 fully saturated rings. The normalized spacial score (nSPS) is 27.9. The van der Waals surface area contributed by atoms with Crippen LogP contribution in [0.5, 0.6) is 0 Å². The van der Waals surface area contributed by atoms with Gasteiger partial charge < -0.3 is 19.9 Å². The molecule has 13 heteroatoms. The number of aliphatic hydroxyl groups excluding tert-OH is 2. The van der Waals surface area contributed by atoms with Crippen molar-refractivity contribution in [3.8, 4) is 0 Å². The van der Waals surface area contributed by atoms with E-state index in [0.29, 0.717) is 0 Å². The van der Waals surface area contributed by atoms with Gasteiger partial charge in [0.15, 0.2) is 10.8 Å². The van der Waals surface area contributed by atoms with Crippen molar-refractivity contribution in [2.75, 3.05) is 12.9 Å². The summed E-state index contributed by atoms with van der Waals surface area (Å²) in [5.41, 5.74) is 0.429. The van der Waals surface area contributed by atoms with Crippen LogP contribution in [0.25, 0.3) is 11.2 Å². The third kappa shape index (κ3) is 3.33. The fourth-order valence-electron chi connectivity index (χ4n) is 2.42. The minimum atomic E-state index is -3.87. The molecule has 0 aromatic carbocycles. The highest BCUT2D eigenvalue weighted by molar-refractivity contribution is 7.86. The second kappa shape index (κ2) is 6.33. The van der Waals surface area contributed by atoms with Crippen LogP contribution < -0.4 is 0 Å². The lowest BCUT2D eigenvalue weighted by Gasteiger charge is -2.17. The van der Waals surface area contributed by atoms with Gasteiger partial charge >= 0.3 is 0 Å². The van der Waals surface area contributed by atoms with Crippen LogP contribution in [-0.2, 0) is 19.0 Å². The molecule has 0 amide bonds. The zero-order chi connectivity index (χ0) is 17.6. The van der Waals surface area contributed by atoms with Crippen LogP contribution in [0.15, 0.2) is 0 Å². The van der Waals surface area contributed by atoms with Crippen LogP contribution in [0.1, 0.15) is 11.9 Å². The number of hydrogen-bond acceptors (Lipinski definition) is 9. The fraction of sp³-hybridized carbons (Fsp3) is 0.545. The fourth-order valence-corrected chi connectivity index (χ4v) is 3.48. The summed E-state index contributed by atoms with van der Waals surface area (Å²) in [4.78, 5) is 14.6. The summed E-state index contributed by atoms with van der Waals surface area (Å²) >= 11 is 11.6. The molecule has 1 aliphatic heterocycles. The van der Waals surface area contributed by atoms with Gasteiger partial charge in [0.1, 0.15) is 35.8 Å². The molecule has 0 aliphatic carbocycles. The van der Waals surface area contributed by atoms with E-state index in [0.717, 1.165) is 6.26 Å². The number of rotatable bonds is 4. The van der Waals surface area contributed by atoms with E-state index in [-0.39, 0.29) is 27.4 Å². The molecule has 0 saturated carbocycles. The molecule has 0 radical (unpaired) electrons. The minimum absolute atomic E-state index is 0.0267. The van der Waals surface area contributed by atoms with Gasteiger partial charge in [-0.2, -0.15) is 13.4 Å². The van der Waals surface area contributed by atoms with Crippen molar-refractivity contribution < 1.29 is 27.6 Å². The van der Waals surface area contributed by atoms with E-state index in [1.165, 1.54) is 0 Å². The Kier molecular flexibility index (Phi) is 4.68. The highest BCUT2D eigenvalue weighted by Crippen LogP contribution is 2.35. The zero-order valence-corrected chi connectivity index (χ0v) is 14.4. The Morgan fingerprint density at radius 1 is 1.33 bits per heavy atom. The molecule has 0 spiro atoms. The highest BCUT2D eigenvalue weighted by atomic mass is 35.5. The molecule has 0 bridgehead atoms. The molecule has 3 rings (SSSR count). The van der Waals surface area contributed by atoms with Crippen LogP contribution >= 0.6 is 23.2 Å². The second-order valence-corrected chi connectivity index (χ2v) is 7.43. The number of H-pyrrole nitrogens is 1. The Balaban J connectivity index is 1.96. The summed E-state index contributed by atoms with van der Waals surface area (Å²) in [5.74, 6) is 0.119. The van der Waals surface area contributed by atoms with Gasteiger partial charge in [0.25, 0.3) is 10.1 Å². The van der Waals surface area contributed by atoms with Gasteiger partial charge in [-0.1, -0.05) is 11.6 Å². The standard InChI is InChI=1S/C11H12Cl2N4O6S/c1-24(20,21)23-6-3(2-18)22-7(5(6)19)10-14-4-8(12)15-11(13)17-9(4)16-10/h3,5-7,18-19H,2H2,1H3,(H,14,15,16,17)/t3-,5-,6+,7-/m1/s1. The first-order valence-corrected chi connectivity index (χ1v) is 9.18. The second-order valence-electron chi connectivity index (χ2n) is 5.14. The number of nitrogens with zero attached hydrogens (tertiary/aromatic N) is 3. The van der Waals surface area contributed by atoms with E-state index in [1.54, 1.807) is 0 Å². The van der Waals surface area contributed by atoms with Crippen molar-refractivity contribution >= 4 is 44.5 Å². The molecule has 2 aromatic rings. The molecule has 1 aliphatic rings. The predicted molar refractivity (Wildman–Crippen MR) is 82.1 cm³/mol. The number of aromatic nitrogens is 4. The highest BCUT2D eigenvalue weighted by Gasteiger charge is 2.48. The quantitative estimate of drug-likeness (QED) is 0.361. The average molecular weight is 399 g/mol. The third-order valence-electron chi connectivity index (χ3n) is 3.37. The van der Waals surface area contributed by atoms with Crippen LogP contribution in [0.3, 0.4) is 0 Å². The van der Waals surface area contributed by atoms with Crippen LogP contribution in [0, 0.1) is 0 Å². The van der Waals surface area contributed by atoms with Crippen LogP contribution in [0.2, 0.25) is 10.4 Å². The maximum atomic E-state index is 11.3. The summed E-state index contributed by atoms with van der Waals surface area (Å²) < 4.78 is 32.9. The Bertz CT molecular complexity index is 875. The average Bonchev–Trinajstić information content (AvgIpc) is 3.00. The van der Waals surface area contributed by atoms with Crippen molar-refractivity contribution in [2.45, 2.75) is 24.4 Å². The summed E-state index contributed by atoms with van der Waals surface area (Å²) in [6.45, 7) is -0.555. The molecular formula is C11H12Cl2N4O6S. The molecule has 4 atom stereocenters. The number of ether oxygens (including phenoxy) is 1. The van der Waals surface area contributed by atoms with Gasteiger partial charge in [-0.3, -0.25) is 4.18 Å². The summed E-state index contributed by atoms with van der Waals surface area (Å²) in [7, 11) is -3.87. The van der Waals surface area contributed by atoms with Gasteiger partial charge in [0.2, 0.25) is 5.28 Å². The van der Waals surface area contributed by atoms with Crippen molar-refractivity contribution in [1.29, 1.82) is 0 Å². The lowest BCUT2D eigenvalue weighted by atomic mass is 10.1. The maximum absolute atomic E-state index is 11.3. The molecule has 1 saturated heterocycles. The monoisotopic (exact) mass is 398 g/mol. The lowest BCUT2D eigenvalue weighted by molar-refractivity contribution is -0.0207. The molecule has 24 heavy (non-hydrogen) atoms. The van der Waals surface area contributed by atoms with E-state index in [9.17, 15) is 18.6 Å². The number of imidazole rings is 1. The SMILES string of the molecule is CS(=O)(=O)O[C@@H]1[C@@H](O)[C@H](c2nc3nc(Cl)nc(Cl)c3[nH]2)O[C@@H]1CO. The van der Waals surface area contributed by atoms with E-state index in [4.69, 9.17) is 32.1 Å². The molecule has 3 heterocycles. The van der Waals surface area contributed by atoms with Crippen molar-refractivity contribution in [3.63, 3.8) is 0 Å². The molecule has 3 N–H and O–H groups in total. The minimum Gasteiger partial charge on any atom is -0.394 e. The Hall–Kier alpha value is -1.08. The number of fused-ring (bicyclic) bond motifs is 1. The molecule has 2 aromatic heterocycles. The van der Waals surface area contributed by atoms with Crippen LogP contribution in [0.4, 0.5) is 0 Å². The zero-order valence-electron chi connectivity index (χ0n) is 12.0. The number of aliphatic hydroxyl groups is 2. The number of nitrogens with one attached hydrogen (secondary N) is 1. The smallest absolute Gasteiger partial charge is 0.264 e. The topological polar surface area (TPSA) is 148 Å². The number of halogens is 2. The molecule has 132 valence electrons. The van der Waals surface area contributed by atoms with Crippen molar-refractivity contribution in [2.24, 2.45) is 0 Å². The summed E-state index contributed by atoms with van der Waals surface area (Å²) in [6, 6.07) is 0. The van der Waals surface area contributed by atoms with E-state index in [1.807, 2.05) is 0 Å². The van der Waals surface area contributed by atoms with Gasteiger partial charge in [-0.05, 0) is 11.6 Å². The molecular weight excluding hydrogens is 387 g/mol. The first-order valence-electron chi connectivity index (χ1n) is 6.61. The molecule has 0 unspecified atom stereocenters. The van der Waals surface area contributed by atoms with Gasteiger partial charge in [-0.25, -0.2) is 9.97 Å². The predicted octanol–water partition coefficient (Wildman–Crippen LogP) is -0.202. The third-order valence-corrected chi connectivity index (χ3v) is 4.38. The van der Waals surface area contributed by atoms with Crippen molar-refractivity contribution in [1.82, 2.24) is 19.9 Å². The largest absolute Gasteiger partial charge is 0.394 e. The first-order chi connectivity index (χ1) is 11.2. The van der Waals surface area contributed by atoms with Crippen molar-refractivity contribution in [3.05, 3.63) is 16.3 Å². The van der Waals surface area contributed by atoms with Gasteiger partial charge in [0, 0.05) is 0 Å². The molecule has 10 nitrogen and oxygen atoms in total. The van der Waals surface area contributed by atoms with Gasteiger partial charge in [0.05, 0.1) is 12.9 Å². The van der Waals surface area contributed by atoms with E-state index in [2.05, 4.69) is 19.9 Å². The summed E-state index contributed by atoms with van der Waals surface area (Å²) in [5, 5.41) is 19.6. The van der Waals surface area contributed by atoms with E-state index < -0.39 is 41.1 Å².